The van der Waals surface area contributed by atoms with Gasteiger partial charge in [0, 0.05) is 18.2 Å². The highest BCUT2D eigenvalue weighted by Gasteiger charge is 2.14. The number of nitrogens with one attached hydrogen (secondary N) is 1. The number of rotatable bonds is 7. The average molecular weight is 425 g/mol. The summed E-state index contributed by atoms with van der Waals surface area (Å²) >= 11 is 5.91. The minimum atomic E-state index is -0.598. The van der Waals surface area contributed by atoms with Gasteiger partial charge in [-0.1, -0.05) is 54.1 Å². The summed E-state index contributed by atoms with van der Waals surface area (Å²) in [5.41, 5.74) is 0.791. The smallest absolute Gasteiger partial charge is 0.330 e. The van der Waals surface area contributed by atoms with Crippen LogP contribution in [0.1, 0.15) is 15.9 Å². The average Bonchev–Trinajstić information content (AvgIpc) is 2.74. The third-order valence-corrected chi connectivity index (χ3v) is 4.58. The number of nitrogens with zero attached hydrogens (tertiary/aromatic N) is 1. The molecule has 0 saturated heterocycles. The van der Waals surface area contributed by atoms with Crippen LogP contribution in [0.4, 0.5) is 5.69 Å². The summed E-state index contributed by atoms with van der Waals surface area (Å²) in [5.74, 6) is -1.05. The molecule has 0 saturated carbocycles. The predicted molar refractivity (Wildman–Crippen MR) is 114 cm³/mol. The van der Waals surface area contributed by atoms with Gasteiger partial charge in [-0.2, -0.15) is 0 Å². The fraction of sp³-hybridized carbons (Fsp3) is 0.0909. The van der Waals surface area contributed by atoms with E-state index in [1.807, 2.05) is 42.5 Å². The Morgan fingerprint density at radius 3 is 2.63 bits per heavy atom. The lowest BCUT2D eigenvalue weighted by Gasteiger charge is -2.07. The van der Waals surface area contributed by atoms with Crippen molar-refractivity contribution in [2.45, 2.75) is 0 Å². The van der Waals surface area contributed by atoms with Crippen LogP contribution in [0.2, 0.25) is 5.02 Å². The molecule has 0 aromatic heterocycles. The van der Waals surface area contributed by atoms with Crippen LogP contribution >= 0.6 is 11.6 Å². The van der Waals surface area contributed by atoms with Crippen molar-refractivity contribution in [2.75, 3.05) is 13.2 Å². The zero-order valence-corrected chi connectivity index (χ0v) is 16.5. The minimum absolute atomic E-state index is 0.0308. The van der Waals surface area contributed by atoms with Crippen LogP contribution in [0, 0.1) is 10.1 Å². The molecule has 3 aromatic carbocycles. The Balaban J connectivity index is 1.49. The summed E-state index contributed by atoms with van der Waals surface area (Å²) < 4.78 is 5.08. The molecule has 0 heterocycles. The number of halogens is 1. The summed E-state index contributed by atoms with van der Waals surface area (Å²) in [7, 11) is 0. The first-order valence-corrected chi connectivity index (χ1v) is 9.38. The van der Waals surface area contributed by atoms with Crippen LogP contribution in [0.15, 0.2) is 66.7 Å². The van der Waals surface area contributed by atoms with Crippen LogP contribution in [-0.4, -0.2) is 30.0 Å². The first-order valence-electron chi connectivity index (χ1n) is 9.00. The molecule has 0 atom stereocenters. The molecule has 0 spiro atoms. The van der Waals surface area contributed by atoms with Crippen LogP contribution in [0.3, 0.4) is 0 Å². The molecule has 0 bridgehead atoms. The van der Waals surface area contributed by atoms with Crippen LogP contribution < -0.4 is 5.32 Å². The van der Waals surface area contributed by atoms with Gasteiger partial charge in [0.05, 0.1) is 22.1 Å². The van der Waals surface area contributed by atoms with E-state index in [2.05, 4.69) is 5.32 Å². The van der Waals surface area contributed by atoms with Gasteiger partial charge in [0.15, 0.2) is 0 Å². The fourth-order valence-corrected chi connectivity index (χ4v) is 3.08. The Hall–Kier alpha value is -3.71. The third kappa shape index (κ3) is 5.21. The van der Waals surface area contributed by atoms with Gasteiger partial charge in [0.2, 0.25) is 0 Å². The van der Waals surface area contributed by atoms with Crippen LogP contribution in [-0.2, 0) is 9.53 Å². The van der Waals surface area contributed by atoms with Gasteiger partial charge in [-0.05, 0) is 28.5 Å². The molecule has 0 aliphatic rings. The number of nitro benzene ring substituents is 1. The molecule has 3 aromatic rings. The maximum atomic E-state index is 12.1. The van der Waals surface area contributed by atoms with E-state index in [1.54, 1.807) is 6.08 Å². The van der Waals surface area contributed by atoms with E-state index in [9.17, 15) is 19.7 Å². The number of fused-ring (bicyclic) bond motifs is 1. The molecule has 0 aliphatic carbocycles. The summed E-state index contributed by atoms with van der Waals surface area (Å²) in [5, 5.41) is 15.3. The highest BCUT2D eigenvalue weighted by molar-refractivity contribution is 6.34. The first kappa shape index (κ1) is 21.0. The van der Waals surface area contributed by atoms with E-state index < -0.39 is 16.8 Å². The van der Waals surface area contributed by atoms with Gasteiger partial charge in [-0.3, -0.25) is 14.9 Å². The summed E-state index contributed by atoms with van der Waals surface area (Å²) in [6, 6.07) is 17.2. The zero-order valence-electron chi connectivity index (χ0n) is 15.7. The lowest BCUT2D eigenvalue weighted by molar-refractivity contribution is -0.384. The standard InChI is InChI=1S/C22H17ClN2O5/c23-20-14-17(25(28)29)9-10-19(20)22(27)24-12-13-30-21(26)11-8-16-6-3-5-15-4-1-2-7-18(15)16/h1-11,14H,12-13H2,(H,24,27). The molecule has 1 amide bonds. The van der Waals surface area contributed by atoms with Crippen molar-refractivity contribution in [2.24, 2.45) is 0 Å². The second kappa shape index (κ2) is 9.67. The molecular weight excluding hydrogens is 408 g/mol. The predicted octanol–water partition coefficient (Wildman–Crippen LogP) is 4.39. The van der Waals surface area contributed by atoms with Crippen molar-refractivity contribution in [1.29, 1.82) is 0 Å². The van der Waals surface area contributed by atoms with Gasteiger partial charge in [-0.15, -0.1) is 0 Å². The number of nitro groups is 1. The van der Waals surface area contributed by atoms with E-state index >= 15 is 0 Å². The van der Waals surface area contributed by atoms with Crippen molar-refractivity contribution in [3.63, 3.8) is 0 Å². The van der Waals surface area contributed by atoms with Gasteiger partial charge >= 0.3 is 5.97 Å². The molecule has 1 N–H and O–H groups in total. The van der Waals surface area contributed by atoms with E-state index in [0.717, 1.165) is 22.4 Å². The van der Waals surface area contributed by atoms with Gasteiger partial charge in [0.1, 0.15) is 6.61 Å². The Morgan fingerprint density at radius 1 is 1.10 bits per heavy atom. The maximum absolute atomic E-state index is 12.1. The van der Waals surface area contributed by atoms with Crippen molar-refractivity contribution in [1.82, 2.24) is 5.32 Å². The Labute approximate surface area is 177 Å². The molecule has 0 unspecified atom stereocenters. The molecule has 30 heavy (non-hydrogen) atoms. The number of esters is 1. The maximum Gasteiger partial charge on any atom is 0.330 e. The van der Waals surface area contributed by atoms with E-state index in [0.29, 0.717) is 0 Å². The van der Waals surface area contributed by atoms with Crippen molar-refractivity contribution in [3.05, 3.63) is 93.0 Å². The molecule has 8 heteroatoms. The molecule has 0 aliphatic heterocycles. The number of benzene rings is 3. The third-order valence-electron chi connectivity index (χ3n) is 4.26. The summed E-state index contributed by atoms with van der Waals surface area (Å²) in [6.45, 7) is 0.0368. The number of ether oxygens (including phenoxy) is 1. The van der Waals surface area contributed by atoms with Gasteiger partial charge in [0.25, 0.3) is 11.6 Å². The molecule has 152 valence electrons. The largest absolute Gasteiger partial charge is 0.461 e. The second-order valence-corrected chi connectivity index (χ2v) is 6.65. The Kier molecular flexibility index (Phi) is 6.77. The number of amides is 1. The fourth-order valence-electron chi connectivity index (χ4n) is 2.81. The molecule has 7 nitrogen and oxygen atoms in total. The summed E-state index contributed by atoms with van der Waals surface area (Å²) in [6.07, 6.45) is 3.01. The monoisotopic (exact) mass is 424 g/mol. The van der Waals surface area contributed by atoms with E-state index in [1.165, 1.54) is 18.2 Å². The molecule has 3 rings (SSSR count). The Bertz CT molecular complexity index is 1140. The zero-order chi connectivity index (χ0) is 21.5. The molecule has 0 fully saturated rings. The van der Waals surface area contributed by atoms with Crippen molar-refractivity contribution in [3.8, 4) is 0 Å². The highest BCUT2D eigenvalue weighted by atomic mass is 35.5. The van der Waals surface area contributed by atoms with Gasteiger partial charge < -0.3 is 10.1 Å². The van der Waals surface area contributed by atoms with E-state index in [-0.39, 0.29) is 29.4 Å². The van der Waals surface area contributed by atoms with E-state index in [4.69, 9.17) is 16.3 Å². The normalized spacial score (nSPS) is 10.8. The lowest BCUT2D eigenvalue weighted by Crippen LogP contribution is -2.28. The van der Waals surface area contributed by atoms with Crippen LogP contribution in [0.5, 0.6) is 0 Å². The second-order valence-electron chi connectivity index (χ2n) is 6.25. The number of carbonyl (C=O) groups excluding carboxylic acids is 2. The lowest BCUT2D eigenvalue weighted by atomic mass is 10.0. The number of carbonyl (C=O) groups is 2. The SMILES string of the molecule is O=C(C=Cc1cccc2ccccc12)OCCNC(=O)c1ccc([N+](=O)[O-])cc1Cl. The Morgan fingerprint density at radius 2 is 1.87 bits per heavy atom. The van der Waals surface area contributed by atoms with Crippen molar-refractivity contribution >= 4 is 46.0 Å². The number of non-ortho nitro benzene ring substituents is 1. The number of hydrogen-bond acceptors (Lipinski definition) is 5. The quantitative estimate of drug-likeness (QED) is 0.199. The molecular formula is C22H17ClN2O5. The van der Waals surface area contributed by atoms with Crippen molar-refractivity contribution < 1.29 is 19.2 Å². The molecule has 0 radical (unpaired) electrons. The number of hydrogen-bond donors (Lipinski definition) is 1. The van der Waals surface area contributed by atoms with Crippen LogP contribution in [0.25, 0.3) is 16.8 Å². The minimum Gasteiger partial charge on any atom is -0.461 e. The first-order chi connectivity index (χ1) is 14.5. The van der Waals surface area contributed by atoms with Gasteiger partial charge in [-0.25, -0.2) is 4.79 Å². The topological polar surface area (TPSA) is 98.5 Å². The summed E-state index contributed by atoms with van der Waals surface area (Å²) in [4.78, 5) is 34.1. The highest BCUT2D eigenvalue weighted by Crippen LogP contribution is 2.22.